The van der Waals surface area contributed by atoms with E-state index in [0.717, 1.165) is 25.9 Å². The predicted molar refractivity (Wildman–Crippen MR) is 72.6 cm³/mol. The first-order chi connectivity index (χ1) is 8.53. The van der Waals surface area contributed by atoms with Crippen molar-refractivity contribution in [1.29, 1.82) is 0 Å². The molecule has 2 heterocycles. The summed E-state index contributed by atoms with van der Waals surface area (Å²) in [5.74, 6) is 0. The Morgan fingerprint density at radius 2 is 1.94 bits per heavy atom. The van der Waals surface area contributed by atoms with Crippen LogP contribution in [0, 0.1) is 6.92 Å². The SMILES string of the molecule is CB(O)N1CCC2(CCc3c2c(C)nn3C)CC1. The van der Waals surface area contributed by atoms with Crippen molar-refractivity contribution in [3.63, 3.8) is 0 Å². The van der Waals surface area contributed by atoms with Crippen molar-refractivity contribution in [2.24, 2.45) is 7.05 Å². The number of aryl methyl sites for hydroxylation is 2. The molecule has 2 aliphatic rings. The number of rotatable bonds is 1. The third kappa shape index (κ3) is 1.64. The zero-order valence-electron chi connectivity index (χ0n) is 11.6. The smallest absolute Gasteiger partial charge is 0.376 e. The minimum atomic E-state index is -0.307. The molecule has 0 amide bonds. The molecule has 1 fully saturated rings. The van der Waals surface area contributed by atoms with Crippen LogP contribution in [0.4, 0.5) is 0 Å². The summed E-state index contributed by atoms with van der Waals surface area (Å²) in [6, 6.07) is 0. The van der Waals surface area contributed by atoms with Crippen molar-refractivity contribution in [3.05, 3.63) is 17.0 Å². The highest BCUT2D eigenvalue weighted by atomic mass is 16.2. The highest BCUT2D eigenvalue weighted by molar-refractivity contribution is 6.45. The zero-order valence-corrected chi connectivity index (χ0v) is 11.6. The molecule has 0 bridgehead atoms. The van der Waals surface area contributed by atoms with Crippen LogP contribution in [0.1, 0.15) is 36.2 Å². The summed E-state index contributed by atoms with van der Waals surface area (Å²) in [6.45, 7) is 6.03. The van der Waals surface area contributed by atoms with E-state index in [9.17, 15) is 5.02 Å². The van der Waals surface area contributed by atoms with Gasteiger partial charge in [-0.05, 0) is 52.5 Å². The monoisotopic (exact) mass is 247 g/mol. The molecule has 5 heteroatoms. The summed E-state index contributed by atoms with van der Waals surface area (Å²) < 4.78 is 2.07. The molecular formula is C13H22BN3O. The van der Waals surface area contributed by atoms with Gasteiger partial charge in [-0.1, -0.05) is 0 Å². The minimum Gasteiger partial charge on any atom is -0.437 e. The third-order valence-corrected chi connectivity index (χ3v) is 5.00. The van der Waals surface area contributed by atoms with Crippen LogP contribution in [0.5, 0.6) is 0 Å². The molecule has 1 aromatic heterocycles. The van der Waals surface area contributed by atoms with Crippen molar-refractivity contribution in [3.8, 4) is 0 Å². The number of piperidine rings is 1. The van der Waals surface area contributed by atoms with Gasteiger partial charge in [0, 0.05) is 23.7 Å². The second kappa shape index (κ2) is 4.10. The van der Waals surface area contributed by atoms with E-state index in [1.165, 1.54) is 29.8 Å². The van der Waals surface area contributed by atoms with E-state index in [-0.39, 0.29) is 7.05 Å². The molecule has 3 rings (SSSR count). The molecule has 0 saturated carbocycles. The summed E-state index contributed by atoms with van der Waals surface area (Å²) in [4.78, 5) is 2.18. The quantitative estimate of drug-likeness (QED) is 0.756. The van der Waals surface area contributed by atoms with Gasteiger partial charge in [0.05, 0.1) is 5.69 Å². The van der Waals surface area contributed by atoms with Gasteiger partial charge in [-0.3, -0.25) is 4.68 Å². The van der Waals surface area contributed by atoms with Crippen LogP contribution in [0.25, 0.3) is 0 Å². The topological polar surface area (TPSA) is 41.3 Å². The van der Waals surface area contributed by atoms with Gasteiger partial charge < -0.3 is 9.83 Å². The van der Waals surface area contributed by atoms with Gasteiger partial charge in [0.2, 0.25) is 0 Å². The number of hydrogen-bond donors (Lipinski definition) is 1. The Labute approximate surface area is 109 Å². The van der Waals surface area contributed by atoms with Gasteiger partial charge in [0.25, 0.3) is 0 Å². The molecule has 1 spiro atoms. The predicted octanol–water partition coefficient (Wildman–Crippen LogP) is 1.12. The van der Waals surface area contributed by atoms with E-state index in [1.807, 2.05) is 6.82 Å². The second-order valence-corrected chi connectivity index (χ2v) is 5.98. The molecule has 0 atom stereocenters. The Morgan fingerprint density at radius 3 is 2.56 bits per heavy atom. The normalized spacial score (nSPS) is 22.4. The fourth-order valence-corrected chi connectivity index (χ4v) is 3.99. The van der Waals surface area contributed by atoms with Crippen molar-refractivity contribution in [1.82, 2.24) is 14.6 Å². The van der Waals surface area contributed by atoms with Crippen LogP contribution in [0.2, 0.25) is 6.82 Å². The van der Waals surface area contributed by atoms with E-state index >= 15 is 0 Å². The van der Waals surface area contributed by atoms with Gasteiger partial charge >= 0.3 is 7.05 Å². The van der Waals surface area contributed by atoms with Gasteiger partial charge in [-0.15, -0.1) is 0 Å². The molecule has 1 saturated heterocycles. The van der Waals surface area contributed by atoms with Gasteiger partial charge in [-0.25, -0.2) is 0 Å². The molecule has 1 aliphatic carbocycles. The van der Waals surface area contributed by atoms with Gasteiger partial charge in [0.15, 0.2) is 0 Å². The van der Waals surface area contributed by atoms with E-state index in [1.54, 1.807) is 0 Å². The molecule has 0 radical (unpaired) electrons. The molecule has 1 N–H and O–H groups in total. The van der Waals surface area contributed by atoms with E-state index in [2.05, 4.69) is 28.6 Å². The molecular weight excluding hydrogens is 225 g/mol. The summed E-state index contributed by atoms with van der Waals surface area (Å²) in [5, 5.41) is 14.3. The largest absolute Gasteiger partial charge is 0.437 e. The van der Waals surface area contributed by atoms with Crippen molar-refractivity contribution >= 4 is 7.05 Å². The lowest BCUT2D eigenvalue weighted by Crippen LogP contribution is -2.47. The van der Waals surface area contributed by atoms with Crippen LogP contribution in [-0.2, 0) is 18.9 Å². The first kappa shape index (κ1) is 12.2. The lowest BCUT2D eigenvalue weighted by Gasteiger charge is -2.40. The third-order valence-electron chi connectivity index (χ3n) is 5.00. The highest BCUT2D eigenvalue weighted by Gasteiger charge is 2.44. The molecule has 4 nitrogen and oxygen atoms in total. The molecule has 1 aliphatic heterocycles. The maximum Gasteiger partial charge on any atom is 0.376 e. The molecule has 1 aromatic rings. The zero-order chi connectivity index (χ0) is 12.9. The maximum atomic E-state index is 9.67. The van der Waals surface area contributed by atoms with E-state index in [4.69, 9.17) is 0 Å². The number of fused-ring (bicyclic) bond motifs is 2. The van der Waals surface area contributed by atoms with E-state index < -0.39 is 0 Å². The average Bonchev–Trinajstić information content (AvgIpc) is 2.82. The molecule has 0 aromatic carbocycles. The van der Waals surface area contributed by atoms with Crippen molar-refractivity contribution in [2.75, 3.05) is 13.1 Å². The Bertz CT molecular complexity index is 461. The summed E-state index contributed by atoms with van der Waals surface area (Å²) in [6.07, 6.45) is 4.76. The Kier molecular flexibility index (Phi) is 2.79. The van der Waals surface area contributed by atoms with Crippen molar-refractivity contribution in [2.45, 2.75) is 44.8 Å². The van der Waals surface area contributed by atoms with Crippen LogP contribution in [0.3, 0.4) is 0 Å². The molecule has 98 valence electrons. The number of aromatic nitrogens is 2. The van der Waals surface area contributed by atoms with Crippen LogP contribution in [0.15, 0.2) is 0 Å². The highest BCUT2D eigenvalue weighted by Crippen LogP contribution is 2.47. The summed E-state index contributed by atoms with van der Waals surface area (Å²) in [5.41, 5.74) is 4.53. The average molecular weight is 247 g/mol. The molecule has 0 unspecified atom stereocenters. The minimum absolute atomic E-state index is 0.307. The van der Waals surface area contributed by atoms with E-state index in [0.29, 0.717) is 5.41 Å². The maximum absolute atomic E-state index is 9.67. The van der Waals surface area contributed by atoms with Crippen LogP contribution >= 0.6 is 0 Å². The summed E-state index contributed by atoms with van der Waals surface area (Å²) in [7, 11) is 1.76. The van der Waals surface area contributed by atoms with Crippen LogP contribution < -0.4 is 0 Å². The summed E-state index contributed by atoms with van der Waals surface area (Å²) >= 11 is 0. The Balaban J connectivity index is 1.88. The standard InChI is InChI=1S/C13H22BN3O/c1-10-12-11(16(3)15-10)4-5-13(12)6-8-17(9-7-13)14(2)18/h18H,4-9H2,1-3H3. The van der Waals surface area contributed by atoms with Gasteiger partial charge in [-0.2, -0.15) is 5.10 Å². The van der Waals surface area contributed by atoms with Gasteiger partial charge in [0.1, 0.15) is 0 Å². The fraction of sp³-hybridized carbons (Fsp3) is 0.769. The fourth-order valence-electron chi connectivity index (χ4n) is 3.99. The Hall–Kier alpha value is -0.805. The first-order valence-electron chi connectivity index (χ1n) is 6.98. The lowest BCUT2D eigenvalue weighted by atomic mass is 9.70. The Morgan fingerprint density at radius 1 is 1.28 bits per heavy atom. The number of hydrogen-bond acceptors (Lipinski definition) is 3. The van der Waals surface area contributed by atoms with Crippen molar-refractivity contribution < 1.29 is 5.02 Å². The lowest BCUT2D eigenvalue weighted by molar-refractivity contribution is 0.213. The first-order valence-corrected chi connectivity index (χ1v) is 6.98. The van der Waals surface area contributed by atoms with Crippen LogP contribution in [-0.4, -0.2) is 39.8 Å². The molecule has 18 heavy (non-hydrogen) atoms. The second-order valence-electron chi connectivity index (χ2n) is 5.98. The number of nitrogens with zero attached hydrogens (tertiary/aromatic N) is 3.